The van der Waals surface area contributed by atoms with Crippen LogP contribution >= 0.6 is 11.6 Å². The van der Waals surface area contributed by atoms with E-state index in [4.69, 9.17) is 16.7 Å². The Labute approximate surface area is 79.5 Å². The Morgan fingerprint density at radius 2 is 2.31 bits per heavy atom. The van der Waals surface area contributed by atoms with Crippen molar-refractivity contribution in [2.75, 3.05) is 6.61 Å². The van der Waals surface area contributed by atoms with Gasteiger partial charge >= 0.3 is 0 Å². The van der Waals surface area contributed by atoms with Gasteiger partial charge in [0.2, 0.25) is 0 Å². The van der Waals surface area contributed by atoms with E-state index >= 15 is 0 Å². The van der Waals surface area contributed by atoms with Crippen LogP contribution in [0.4, 0.5) is 5.69 Å². The average Bonchev–Trinajstić information content (AvgIpc) is 2.51. The summed E-state index contributed by atoms with van der Waals surface area (Å²) in [5.74, 6) is 0. The minimum absolute atomic E-state index is 0.0603. The molecule has 6 heteroatoms. The fraction of sp³-hybridized carbons (Fsp3) is 0.429. The van der Waals surface area contributed by atoms with Crippen molar-refractivity contribution in [1.29, 1.82) is 0 Å². The first kappa shape index (κ1) is 8.52. The number of hydrogen-bond donors (Lipinski definition) is 1. The maximum absolute atomic E-state index is 8.74. The lowest BCUT2D eigenvalue weighted by Crippen LogP contribution is -1.98. The Bertz CT molecular complexity index is 354. The van der Waals surface area contributed by atoms with E-state index in [1.54, 1.807) is 0 Å². The molecular weight excluding hydrogens is 192 g/mol. The van der Waals surface area contributed by atoms with Gasteiger partial charge in [-0.05, 0) is 0 Å². The highest BCUT2D eigenvalue weighted by atomic mass is 35.5. The largest absolute Gasteiger partial charge is 0.396 e. The van der Waals surface area contributed by atoms with Gasteiger partial charge in [0, 0.05) is 13.0 Å². The Kier molecular flexibility index (Phi) is 2.20. The van der Waals surface area contributed by atoms with Gasteiger partial charge in [-0.3, -0.25) is 0 Å². The van der Waals surface area contributed by atoms with Crippen LogP contribution < -0.4 is 0 Å². The van der Waals surface area contributed by atoms with Crippen LogP contribution in [0, 0.1) is 0 Å². The number of azo groups is 1. The van der Waals surface area contributed by atoms with E-state index in [-0.39, 0.29) is 12.6 Å². The molecule has 0 aromatic carbocycles. The third kappa shape index (κ3) is 1.40. The summed E-state index contributed by atoms with van der Waals surface area (Å²) in [7, 11) is 0. The number of aliphatic hydroxyl groups is 1. The van der Waals surface area contributed by atoms with Crippen molar-refractivity contribution in [1.82, 2.24) is 9.97 Å². The molecule has 0 fully saturated rings. The van der Waals surface area contributed by atoms with Crippen molar-refractivity contribution in [2.24, 2.45) is 10.2 Å². The van der Waals surface area contributed by atoms with Crippen LogP contribution in [0.2, 0.25) is 5.15 Å². The highest BCUT2D eigenvalue weighted by molar-refractivity contribution is 6.31. The van der Waals surface area contributed by atoms with Crippen molar-refractivity contribution in [3.63, 3.8) is 0 Å². The number of aromatic nitrogens is 2. The van der Waals surface area contributed by atoms with Crippen LogP contribution in [0.1, 0.15) is 18.2 Å². The zero-order valence-electron chi connectivity index (χ0n) is 6.68. The van der Waals surface area contributed by atoms with Crippen molar-refractivity contribution in [2.45, 2.75) is 12.5 Å². The molecule has 0 amide bonds. The number of halogens is 1. The molecule has 13 heavy (non-hydrogen) atoms. The van der Waals surface area contributed by atoms with Crippen molar-refractivity contribution < 1.29 is 5.11 Å². The van der Waals surface area contributed by atoms with E-state index in [0.717, 1.165) is 0 Å². The zero-order valence-corrected chi connectivity index (χ0v) is 7.44. The van der Waals surface area contributed by atoms with Gasteiger partial charge in [0.1, 0.15) is 18.1 Å². The first-order valence-corrected chi connectivity index (χ1v) is 4.23. The Balaban J connectivity index is 2.37. The topological polar surface area (TPSA) is 70.7 Å². The SMILES string of the molecule is OCCC1N=Nc2c(Cl)ncnc21. The van der Waals surface area contributed by atoms with Crippen LogP contribution in [-0.4, -0.2) is 21.7 Å². The third-order valence-corrected chi connectivity index (χ3v) is 2.10. The number of fused-ring (bicyclic) bond motifs is 1. The molecule has 1 aromatic rings. The molecule has 5 nitrogen and oxygen atoms in total. The van der Waals surface area contributed by atoms with Gasteiger partial charge in [-0.1, -0.05) is 11.6 Å². The number of nitrogens with zero attached hydrogens (tertiary/aromatic N) is 4. The summed E-state index contributed by atoms with van der Waals surface area (Å²) in [6, 6.07) is -0.166. The molecule has 0 bridgehead atoms. The first-order valence-electron chi connectivity index (χ1n) is 3.85. The summed E-state index contributed by atoms with van der Waals surface area (Å²) >= 11 is 5.77. The molecule has 1 aromatic heterocycles. The highest BCUT2D eigenvalue weighted by Crippen LogP contribution is 2.38. The Hall–Kier alpha value is -1.07. The van der Waals surface area contributed by atoms with Gasteiger partial charge in [0.15, 0.2) is 5.15 Å². The van der Waals surface area contributed by atoms with Gasteiger partial charge in [-0.25, -0.2) is 9.97 Å². The van der Waals surface area contributed by atoms with Crippen molar-refractivity contribution in [3.8, 4) is 0 Å². The zero-order chi connectivity index (χ0) is 9.26. The average molecular weight is 199 g/mol. The molecule has 2 rings (SSSR count). The Morgan fingerprint density at radius 1 is 1.46 bits per heavy atom. The molecule has 1 N–H and O–H groups in total. The second-order valence-electron chi connectivity index (χ2n) is 2.64. The summed E-state index contributed by atoms with van der Waals surface area (Å²) in [6.07, 6.45) is 1.89. The van der Waals surface area contributed by atoms with Gasteiger partial charge in [0.05, 0.1) is 5.69 Å². The van der Waals surface area contributed by atoms with Crippen LogP contribution in [0.5, 0.6) is 0 Å². The predicted molar refractivity (Wildman–Crippen MR) is 46.0 cm³/mol. The van der Waals surface area contributed by atoms with E-state index in [0.29, 0.717) is 23.0 Å². The van der Waals surface area contributed by atoms with E-state index in [9.17, 15) is 0 Å². The quantitative estimate of drug-likeness (QED) is 0.735. The van der Waals surface area contributed by atoms with E-state index < -0.39 is 0 Å². The second kappa shape index (κ2) is 3.35. The lowest BCUT2D eigenvalue weighted by Gasteiger charge is -2.03. The normalized spacial score (nSPS) is 19.1. The van der Waals surface area contributed by atoms with Gasteiger partial charge < -0.3 is 5.11 Å². The molecular formula is C7H7ClN4O. The van der Waals surface area contributed by atoms with Crippen LogP contribution in [0.15, 0.2) is 16.6 Å². The summed E-state index contributed by atoms with van der Waals surface area (Å²) in [6.45, 7) is 0.0603. The van der Waals surface area contributed by atoms with Crippen molar-refractivity contribution in [3.05, 3.63) is 17.2 Å². The predicted octanol–water partition coefficient (Wildman–Crippen LogP) is 1.65. The summed E-state index contributed by atoms with van der Waals surface area (Å²) in [4.78, 5) is 7.81. The summed E-state index contributed by atoms with van der Waals surface area (Å²) in [5, 5.41) is 16.8. The summed E-state index contributed by atoms with van der Waals surface area (Å²) in [5.41, 5.74) is 1.23. The number of aliphatic hydroxyl groups excluding tert-OH is 1. The van der Waals surface area contributed by atoms with E-state index in [1.807, 2.05) is 0 Å². The molecule has 0 spiro atoms. The molecule has 0 aliphatic carbocycles. The molecule has 2 heterocycles. The number of hydrogen-bond acceptors (Lipinski definition) is 5. The third-order valence-electron chi connectivity index (χ3n) is 1.82. The summed E-state index contributed by atoms with van der Waals surface area (Å²) < 4.78 is 0. The minimum Gasteiger partial charge on any atom is -0.396 e. The lowest BCUT2D eigenvalue weighted by atomic mass is 10.1. The minimum atomic E-state index is -0.166. The molecule has 68 valence electrons. The smallest absolute Gasteiger partial charge is 0.160 e. The molecule has 1 aliphatic rings. The Morgan fingerprint density at radius 3 is 3.08 bits per heavy atom. The van der Waals surface area contributed by atoms with Crippen LogP contribution in [0.3, 0.4) is 0 Å². The van der Waals surface area contributed by atoms with Crippen molar-refractivity contribution >= 4 is 17.3 Å². The van der Waals surface area contributed by atoms with E-state index in [2.05, 4.69) is 20.2 Å². The fourth-order valence-electron chi connectivity index (χ4n) is 1.20. The monoisotopic (exact) mass is 198 g/mol. The maximum atomic E-state index is 8.74. The number of rotatable bonds is 2. The molecule has 0 radical (unpaired) electrons. The molecule has 1 atom stereocenters. The molecule has 1 aliphatic heterocycles. The molecule has 1 unspecified atom stereocenters. The maximum Gasteiger partial charge on any atom is 0.160 e. The lowest BCUT2D eigenvalue weighted by molar-refractivity contribution is 0.276. The molecule has 0 saturated carbocycles. The van der Waals surface area contributed by atoms with Gasteiger partial charge in [-0.2, -0.15) is 10.2 Å². The van der Waals surface area contributed by atoms with Crippen LogP contribution in [-0.2, 0) is 0 Å². The second-order valence-corrected chi connectivity index (χ2v) is 3.00. The van der Waals surface area contributed by atoms with Gasteiger partial charge in [0.25, 0.3) is 0 Å². The van der Waals surface area contributed by atoms with Crippen LogP contribution in [0.25, 0.3) is 0 Å². The van der Waals surface area contributed by atoms with E-state index in [1.165, 1.54) is 6.33 Å². The fourth-order valence-corrected chi connectivity index (χ4v) is 1.38. The highest BCUT2D eigenvalue weighted by Gasteiger charge is 2.24. The first-order chi connectivity index (χ1) is 6.33. The van der Waals surface area contributed by atoms with Gasteiger partial charge in [-0.15, -0.1) is 0 Å². The molecule has 0 saturated heterocycles. The standard InChI is InChI=1S/C7H7ClN4O/c8-7-6-5(9-3-10-7)4(1-2-13)11-12-6/h3-4,13H,1-2H2.